The van der Waals surface area contributed by atoms with Gasteiger partial charge in [-0.3, -0.25) is 9.69 Å². The lowest BCUT2D eigenvalue weighted by Crippen LogP contribution is -2.51. The van der Waals surface area contributed by atoms with E-state index in [0.29, 0.717) is 43.2 Å². The lowest BCUT2D eigenvalue weighted by Gasteiger charge is -2.42. The Morgan fingerprint density at radius 2 is 1.77 bits per heavy atom. The second-order valence-electron chi connectivity index (χ2n) is 9.13. The molecule has 0 radical (unpaired) electrons. The van der Waals surface area contributed by atoms with Crippen molar-refractivity contribution < 1.29 is 31.5 Å². The van der Waals surface area contributed by atoms with Crippen LogP contribution in [0.1, 0.15) is 35.7 Å². The highest BCUT2D eigenvalue weighted by Crippen LogP contribution is 2.34. The summed E-state index contributed by atoms with van der Waals surface area (Å²) in [5, 5.41) is 1.53. The van der Waals surface area contributed by atoms with E-state index >= 15 is 0 Å². The minimum Gasteiger partial charge on any atom is -0.457 e. The van der Waals surface area contributed by atoms with Gasteiger partial charge in [-0.15, -0.1) is 0 Å². The number of ketones is 1. The Morgan fingerprint density at radius 1 is 1.06 bits per heavy atom. The number of hydrogen-bond acceptors (Lipinski definition) is 3. The van der Waals surface area contributed by atoms with Gasteiger partial charge in [0.25, 0.3) is 6.43 Å². The Kier molecular flexibility index (Phi) is 7.40. The molecular formula is C27H26F5NO2. The Balaban J connectivity index is 1.38. The molecule has 4 rings (SSSR count). The van der Waals surface area contributed by atoms with Gasteiger partial charge in [0.1, 0.15) is 11.5 Å². The number of fused-ring (bicyclic) bond motifs is 1. The lowest BCUT2D eigenvalue weighted by molar-refractivity contribution is -0.137. The second-order valence-corrected chi connectivity index (χ2v) is 9.13. The molecule has 8 heteroatoms. The molecule has 0 aromatic heterocycles. The van der Waals surface area contributed by atoms with Crippen LogP contribution in [-0.4, -0.2) is 36.7 Å². The number of Topliss-reactive ketones (excluding diaryl/α,β-unsaturated/α-hetero) is 1. The van der Waals surface area contributed by atoms with Gasteiger partial charge < -0.3 is 4.74 Å². The van der Waals surface area contributed by atoms with Gasteiger partial charge in [0.2, 0.25) is 0 Å². The number of hydrogen-bond donors (Lipinski definition) is 0. The van der Waals surface area contributed by atoms with Crippen molar-refractivity contribution in [3.63, 3.8) is 0 Å². The molecule has 3 nitrogen and oxygen atoms in total. The number of benzene rings is 3. The first-order valence-electron chi connectivity index (χ1n) is 11.5. The van der Waals surface area contributed by atoms with Crippen molar-refractivity contribution in [2.75, 3.05) is 19.6 Å². The van der Waals surface area contributed by atoms with E-state index in [1.807, 2.05) is 6.07 Å². The third-order valence-electron chi connectivity index (χ3n) is 6.58. The van der Waals surface area contributed by atoms with Crippen LogP contribution in [0.25, 0.3) is 10.8 Å². The summed E-state index contributed by atoms with van der Waals surface area (Å²) in [4.78, 5) is 14.5. The van der Waals surface area contributed by atoms with Crippen LogP contribution in [0.3, 0.4) is 0 Å². The van der Waals surface area contributed by atoms with E-state index in [2.05, 4.69) is 6.92 Å². The maximum Gasteiger partial charge on any atom is 0.416 e. The van der Waals surface area contributed by atoms with Crippen LogP contribution >= 0.6 is 0 Å². The summed E-state index contributed by atoms with van der Waals surface area (Å²) in [6.07, 6.45) is -5.66. The summed E-state index contributed by atoms with van der Waals surface area (Å²) in [7, 11) is 0. The minimum atomic E-state index is -4.41. The average Bonchev–Trinajstić information content (AvgIpc) is 2.79. The molecule has 0 bridgehead atoms. The fourth-order valence-corrected chi connectivity index (χ4v) is 4.41. The normalized spacial score (nSPS) is 15.9. The number of alkyl halides is 5. The van der Waals surface area contributed by atoms with Crippen LogP contribution in [-0.2, 0) is 6.18 Å². The largest absolute Gasteiger partial charge is 0.457 e. The molecule has 1 atom stereocenters. The van der Waals surface area contributed by atoms with E-state index in [1.54, 1.807) is 35.2 Å². The van der Waals surface area contributed by atoms with Crippen LogP contribution in [0.2, 0.25) is 0 Å². The highest BCUT2D eigenvalue weighted by molar-refractivity contribution is 6.01. The molecule has 35 heavy (non-hydrogen) atoms. The van der Waals surface area contributed by atoms with Gasteiger partial charge in [-0.05, 0) is 66.1 Å². The first kappa shape index (κ1) is 25.1. The molecule has 1 heterocycles. The highest BCUT2D eigenvalue weighted by Gasteiger charge is 2.32. The molecule has 0 amide bonds. The van der Waals surface area contributed by atoms with Gasteiger partial charge in [0.15, 0.2) is 5.78 Å². The maximum atomic E-state index is 12.8. The monoisotopic (exact) mass is 491 g/mol. The number of carbonyl (C=O) groups is 1. The highest BCUT2D eigenvalue weighted by atomic mass is 19.4. The number of halogens is 5. The first-order valence-corrected chi connectivity index (χ1v) is 11.5. The quantitative estimate of drug-likeness (QED) is 0.230. The van der Waals surface area contributed by atoms with E-state index in [9.17, 15) is 26.7 Å². The van der Waals surface area contributed by atoms with Crippen molar-refractivity contribution in [1.82, 2.24) is 4.90 Å². The van der Waals surface area contributed by atoms with Crippen molar-refractivity contribution >= 4 is 16.6 Å². The fourth-order valence-electron chi connectivity index (χ4n) is 4.41. The molecule has 186 valence electrons. The van der Waals surface area contributed by atoms with Gasteiger partial charge in [-0.25, -0.2) is 8.78 Å². The zero-order valence-electron chi connectivity index (χ0n) is 19.2. The number of nitrogens with zero attached hydrogens (tertiary/aromatic N) is 1. The molecule has 0 spiro atoms. The second kappa shape index (κ2) is 10.3. The number of ether oxygens (including phenoxy) is 1. The third-order valence-corrected chi connectivity index (χ3v) is 6.58. The summed E-state index contributed by atoms with van der Waals surface area (Å²) in [6.45, 7) is 3.17. The zero-order chi connectivity index (χ0) is 25.2. The molecule has 0 saturated carbocycles. The Bertz CT molecular complexity index is 1170. The molecule has 3 aromatic carbocycles. The summed E-state index contributed by atoms with van der Waals surface area (Å²) < 4.78 is 69.0. The minimum absolute atomic E-state index is 0.0107. The Hall–Kier alpha value is -3.00. The molecule has 1 saturated heterocycles. The van der Waals surface area contributed by atoms with Gasteiger partial charge in [0.05, 0.1) is 12.1 Å². The number of carbonyl (C=O) groups excluding carboxylic acids is 1. The first-order chi connectivity index (χ1) is 16.6. The smallest absolute Gasteiger partial charge is 0.416 e. The molecule has 1 aliphatic heterocycles. The lowest BCUT2D eigenvalue weighted by atomic mass is 9.83. The van der Waals surface area contributed by atoms with Gasteiger partial charge >= 0.3 is 6.18 Å². The molecule has 1 fully saturated rings. The van der Waals surface area contributed by atoms with Gasteiger partial charge in [0, 0.05) is 30.5 Å². The molecule has 0 aliphatic carbocycles. The van der Waals surface area contributed by atoms with E-state index in [-0.39, 0.29) is 24.0 Å². The van der Waals surface area contributed by atoms with Gasteiger partial charge in [-0.2, -0.15) is 13.2 Å². The fraction of sp³-hybridized carbons (Fsp3) is 0.370. The van der Waals surface area contributed by atoms with E-state index in [0.717, 1.165) is 22.9 Å². The molecule has 0 N–H and O–H groups in total. The van der Waals surface area contributed by atoms with Crippen molar-refractivity contribution in [3.05, 3.63) is 71.8 Å². The standard InChI is InChI=1S/C27H26F5NO2/c1-17(20-14-33(15-20)16-26(28)29)5-12-24(34)19-6-11-23-18(13-19)3-2-4-25(23)35-22-9-7-21(8-10-22)27(30,31)32/h2-4,6-11,13,17,20,26H,5,12,14-16H2,1H3/t17-/m1/s1. The maximum absolute atomic E-state index is 12.8. The van der Waals surface area contributed by atoms with Crippen LogP contribution in [0.5, 0.6) is 11.5 Å². The SMILES string of the molecule is C[C@H](CCC(=O)c1ccc2c(Oc3ccc(C(F)(F)F)cc3)cccc2c1)C1CN(CC(F)F)C1. The van der Waals surface area contributed by atoms with Crippen molar-refractivity contribution in [1.29, 1.82) is 0 Å². The molecular weight excluding hydrogens is 465 g/mol. The predicted octanol–water partition coefficient (Wildman–Crippen LogP) is 7.45. The Morgan fingerprint density at radius 3 is 2.43 bits per heavy atom. The number of rotatable bonds is 9. The Labute approximate surface area is 200 Å². The van der Waals surface area contributed by atoms with Crippen LogP contribution in [0.15, 0.2) is 60.7 Å². The van der Waals surface area contributed by atoms with Crippen LogP contribution in [0, 0.1) is 11.8 Å². The van der Waals surface area contributed by atoms with Crippen molar-refractivity contribution in [2.24, 2.45) is 11.8 Å². The number of likely N-dealkylation sites (tertiary alicyclic amines) is 1. The van der Waals surface area contributed by atoms with Crippen LogP contribution < -0.4 is 4.74 Å². The molecule has 3 aromatic rings. The molecule has 0 unspecified atom stereocenters. The third kappa shape index (κ3) is 6.17. The van der Waals surface area contributed by atoms with Crippen LogP contribution in [0.4, 0.5) is 22.0 Å². The summed E-state index contributed by atoms with van der Waals surface area (Å²) in [6, 6.07) is 15.1. The van der Waals surface area contributed by atoms with E-state index in [1.165, 1.54) is 12.1 Å². The molecule has 1 aliphatic rings. The predicted molar refractivity (Wildman–Crippen MR) is 124 cm³/mol. The average molecular weight is 492 g/mol. The topological polar surface area (TPSA) is 29.5 Å². The zero-order valence-corrected chi connectivity index (χ0v) is 19.2. The summed E-state index contributed by atoms with van der Waals surface area (Å²) in [5.41, 5.74) is -0.174. The van der Waals surface area contributed by atoms with Crippen molar-refractivity contribution in [2.45, 2.75) is 32.4 Å². The van der Waals surface area contributed by atoms with Gasteiger partial charge in [-0.1, -0.05) is 25.1 Å². The summed E-state index contributed by atoms with van der Waals surface area (Å²) in [5.74, 6) is 1.38. The summed E-state index contributed by atoms with van der Waals surface area (Å²) >= 11 is 0. The van der Waals surface area contributed by atoms with E-state index < -0.39 is 18.2 Å². The van der Waals surface area contributed by atoms with E-state index in [4.69, 9.17) is 4.74 Å². The van der Waals surface area contributed by atoms with Crippen molar-refractivity contribution in [3.8, 4) is 11.5 Å².